The van der Waals surface area contributed by atoms with Crippen LogP contribution in [0.4, 0.5) is 11.4 Å². The molecule has 1 heterocycles. The first-order valence-corrected chi connectivity index (χ1v) is 5.75. The molecule has 2 rings (SSSR count). The number of anilines is 1. The van der Waals surface area contributed by atoms with Crippen LogP contribution in [0.2, 0.25) is 0 Å². The minimum absolute atomic E-state index is 0.0833. The molecule has 0 N–H and O–H groups in total. The van der Waals surface area contributed by atoms with E-state index in [4.69, 9.17) is 0 Å². The molecule has 0 spiro atoms. The van der Waals surface area contributed by atoms with Crippen molar-refractivity contribution in [1.82, 2.24) is 4.90 Å². The summed E-state index contributed by atoms with van der Waals surface area (Å²) in [6.07, 6.45) is 0.561. The molecule has 1 aromatic carbocycles. The maximum atomic E-state index is 11.6. The zero-order valence-corrected chi connectivity index (χ0v) is 10.4. The van der Waals surface area contributed by atoms with Gasteiger partial charge in [-0.05, 0) is 12.1 Å². The number of nitrogens with zero attached hydrogens (tertiary/aromatic N) is 3. The highest BCUT2D eigenvalue weighted by molar-refractivity contribution is 5.85. The van der Waals surface area contributed by atoms with Gasteiger partial charge in [0.25, 0.3) is 5.69 Å². The van der Waals surface area contributed by atoms with Crippen LogP contribution in [0.3, 0.4) is 0 Å². The molecule has 0 aliphatic carbocycles. The van der Waals surface area contributed by atoms with Gasteiger partial charge >= 0.3 is 0 Å². The minimum Gasteiger partial charge on any atom is -0.355 e. The molecule has 19 heavy (non-hydrogen) atoms. The number of nitro benzene ring substituents is 1. The Balaban J connectivity index is 2.36. The summed E-state index contributed by atoms with van der Waals surface area (Å²) in [7, 11) is 1.70. The van der Waals surface area contributed by atoms with Gasteiger partial charge in [0, 0.05) is 31.8 Å². The molecule has 0 radical (unpaired) electrons. The number of rotatable bonds is 3. The van der Waals surface area contributed by atoms with E-state index in [9.17, 15) is 19.7 Å². The normalized spacial score (nSPS) is 15.5. The van der Waals surface area contributed by atoms with Crippen LogP contribution in [0.15, 0.2) is 18.2 Å². The standard InChI is InChI=1S/C12H13N3O4/c1-13-4-5-14(7-12(13)17)10-3-2-9(8-16)6-11(10)15(18)19/h2-3,6,8H,4-5,7H2,1H3. The van der Waals surface area contributed by atoms with Gasteiger partial charge in [-0.1, -0.05) is 0 Å². The molecule has 1 amide bonds. The maximum absolute atomic E-state index is 11.6. The molecule has 100 valence electrons. The Bertz CT molecular complexity index is 544. The van der Waals surface area contributed by atoms with Crippen LogP contribution in [0.25, 0.3) is 0 Å². The number of nitro groups is 1. The van der Waals surface area contributed by atoms with E-state index >= 15 is 0 Å². The van der Waals surface area contributed by atoms with E-state index in [0.29, 0.717) is 25.1 Å². The van der Waals surface area contributed by atoms with Crippen molar-refractivity contribution in [2.45, 2.75) is 0 Å². The lowest BCUT2D eigenvalue weighted by Crippen LogP contribution is -2.48. The van der Waals surface area contributed by atoms with Crippen LogP contribution in [0.1, 0.15) is 10.4 Å². The lowest BCUT2D eigenvalue weighted by Gasteiger charge is -2.33. The molecule has 7 heteroatoms. The number of carbonyl (C=O) groups excluding carboxylic acids is 2. The molecule has 0 atom stereocenters. The van der Waals surface area contributed by atoms with Gasteiger partial charge in [-0.3, -0.25) is 19.7 Å². The van der Waals surface area contributed by atoms with Gasteiger partial charge in [0.1, 0.15) is 12.0 Å². The summed E-state index contributed by atoms with van der Waals surface area (Å²) in [5.41, 5.74) is 0.468. The summed E-state index contributed by atoms with van der Waals surface area (Å²) in [5.74, 6) is -0.0833. The van der Waals surface area contributed by atoms with Gasteiger partial charge in [-0.15, -0.1) is 0 Å². The van der Waals surface area contributed by atoms with Gasteiger partial charge < -0.3 is 9.80 Å². The van der Waals surface area contributed by atoms with Crippen LogP contribution in [0.5, 0.6) is 0 Å². The Hall–Kier alpha value is -2.44. The number of piperazine rings is 1. The van der Waals surface area contributed by atoms with Crippen LogP contribution < -0.4 is 4.90 Å². The monoisotopic (exact) mass is 263 g/mol. The second-order valence-electron chi connectivity index (χ2n) is 4.36. The van der Waals surface area contributed by atoms with Crippen molar-refractivity contribution in [3.8, 4) is 0 Å². The highest BCUT2D eigenvalue weighted by Gasteiger charge is 2.26. The first kappa shape index (κ1) is 13.0. The Labute approximate surface area is 109 Å². The van der Waals surface area contributed by atoms with Gasteiger partial charge in [-0.2, -0.15) is 0 Å². The first-order chi connectivity index (χ1) is 9.02. The lowest BCUT2D eigenvalue weighted by atomic mass is 10.1. The molecule has 1 saturated heterocycles. The molecule has 1 aliphatic heterocycles. The molecular weight excluding hydrogens is 250 g/mol. The molecule has 7 nitrogen and oxygen atoms in total. The van der Waals surface area contributed by atoms with Crippen molar-refractivity contribution in [2.75, 3.05) is 31.6 Å². The second-order valence-corrected chi connectivity index (χ2v) is 4.36. The van der Waals surface area contributed by atoms with Crippen molar-refractivity contribution in [1.29, 1.82) is 0 Å². The van der Waals surface area contributed by atoms with Gasteiger partial charge in [0.05, 0.1) is 11.5 Å². The molecule has 0 bridgehead atoms. The van der Waals surface area contributed by atoms with E-state index in [1.165, 1.54) is 18.2 Å². The highest BCUT2D eigenvalue weighted by Crippen LogP contribution is 2.29. The average Bonchev–Trinajstić information content (AvgIpc) is 2.41. The van der Waals surface area contributed by atoms with Gasteiger partial charge in [0.2, 0.25) is 5.91 Å². The molecule has 1 aromatic rings. The smallest absolute Gasteiger partial charge is 0.293 e. The number of aldehydes is 1. The average molecular weight is 263 g/mol. The molecule has 1 aliphatic rings. The summed E-state index contributed by atoms with van der Waals surface area (Å²) < 4.78 is 0. The van der Waals surface area contributed by atoms with E-state index in [-0.39, 0.29) is 23.7 Å². The number of amides is 1. The predicted molar refractivity (Wildman–Crippen MR) is 68.3 cm³/mol. The number of benzene rings is 1. The van der Waals surface area contributed by atoms with E-state index in [1.807, 2.05) is 0 Å². The fourth-order valence-corrected chi connectivity index (χ4v) is 1.99. The third-order valence-corrected chi connectivity index (χ3v) is 3.13. The van der Waals surface area contributed by atoms with E-state index in [2.05, 4.69) is 0 Å². The maximum Gasteiger partial charge on any atom is 0.293 e. The van der Waals surface area contributed by atoms with Crippen molar-refractivity contribution < 1.29 is 14.5 Å². The lowest BCUT2D eigenvalue weighted by molar-refractivity contribution is -0.384. The number of hydrogen-bond acceptors (Lipinski definition) is 5. The quantitative estimate of drug-likeness (QED) is 0.455. The number of likely N-dealkylation sites (N-methyl/N-ethyl adjacent to an activating group) is 1. The van der Waals surface area contributed by atoms with Crippen molar-refractivity contribution in [3.05, 3.63) is 33.9 Å². The van der Waals surface area contributed by atoms with E-state index in [1.54, 1.807) is 16.8 Å². The third kappa shape index (κ3) is 2.54. The fourth-order valence-electron chi connectivity index (χ4n) is 1.99. The molecule has 0 unspecified atom stereocenters. The fraction of sp³-hybridized carbons (Fsp3) is 0.333. The zero-order chi connectivity index (χ0) is 14.0. The Morgan fingerprint density at radius 3 is 2.68 bits per heavy atom. The Kier molecular flexibility index (Phi) is 3.46. The van der Waals surface area contributed by atoms with Crippen molar-refractivity contribution in [2.24, 2.45) is 0 Å². The van der Waals surface area contributed by atoms with Crippen LogP contribution >= 0.6 is 0 Å². The van der Waals surface area contributed by atoms with Gasteiger partial charge in [-0.25, -0.2) is 0 Å². The Morgan fingerprint density at radius 1 is 1.37 bits per heavy atom. The summed E-state index contributed by atoms with van der Waals surface area (Å²) in [6.45, 7) is 1.16. The molecular formula is C12H13N3O4. The summed E-state index contributed by atoms with van der Waals surface area (Å²) in [6, 6.07) is 4.25. The molecule has 0 aromatic heterocycles. The third-order valence-electron chi connectivity index (χ3n) is 3.13. The van der Waals surface area contributed by atoms with Crippen LogP contribution in [0, 0.1) is 10.1 Å². The largest absolute Gasteiger partial charge is 0.355 e. The number of carbonyl (C=O) groups is 2. The zero-order valence-electron chi connectivity index (χ0n) is 10.4. The number of hydrogen-bond donors (Lipinski definition) is 0. The first-order valence-electron chi connectivity index (χ1n) is 5.75. The van der Waals surface area contributed by atoms with Crippen molar-refractivity contribution in [3.63, 3.8) is 0 Å². The van der Waals surface area contributed by atoms with Gasteiger partial charge in [0.15, 0.2) is 0 Å². The summed E-state index contributed by atoms with van der Waals surface area (Å²) in [5, 5.41) is 11.0. The van der Waals surface area contributed by atoms with Crippen LogP contribution in [-0.4, -0.2) is 48.7 Å². The predicted octanol–water partition coefficient (Wildman–Crippen LogP) is 0.686. The molecule has 1 fully saturated rings. The minimum atomic E-state index is -0.537. The van der Waals surface area contributed by atoms with E-state index < -0.39 is 4.92 Å². The second kappa shape index (κ2) is 5.05. The SMILES string of the molecule is CN1CCN(c2ccc(C=O)cc2[N+](=O)[O-])CC1=O. The van der Waals surface area contributed by atoms with Crippen LogP contribution in [-0.2, 0) is 4.79 Å². The Morgan fingerprint density at radius 2 is 2.11 bits per heavy atom. The highest BCUT2D eigenvalue weighted by atomic mass is 16.6. The summed E-state index contributed by atoms with van der Waals surface area (Å²) >= 11 is 0. The van der Waals surface area contributed by atoms with Crippen molar-refractivity contribution >= 4 is 23.6 Å². The molecule has 0 saturated carbocycles. The van der Waals surface area contributed by atoms with E-state index in [0.717, 1.165) is 0 Å². The topological polar surface area (TPSA) is 83.8 Å². The summed E-state index contributed by atoms with van der Waals surface area (Å²) in [4.78, 5) is 36.1.